The molecule has 2 N–H and O–H groups in total. The Morgan fingerprint density at radius 3 is 2.53 bits per heavy atom. The third-order valence-electron chi connectivity index (χ3n) is 4.11. The van der Waals surface area contributed by atoms with Crippen LogP contribution in [0, 0.1) is 11.8 Å². The van der Waals surface area contributed by atoms with Crippen LogP contribution in [0.3, 0.4) is 0 Å². The molecule has 1 fully saturated rings. The van der Waals surface area contributed by atoms with Gasteiger partial charge in [-0.1, -0.05) is 19.8 Å². The van der Waals surface area contributed by atoms with Crippen molar-refractivity contribution in [2.75, 3.05) is 7.11 Å². The number of methoxy groups -OCH3 is 1. The van der Waals surface area contributed by atoms with Crippen LogP contribution < -0.4 is 5.73 Å². The summed E-state index contributed by atoms with van der Waals surface area (Å²) in [7, 11) is 1.78. The molecule has 1 aliphatic rings. The molecule has 1 saturated carbocycles. The Morgan fingerprint density at radius 1 is 1.40 bits per heavy atom. The van der Waals surface area contributed by atoms with Gasteiger partial charge in [0.2, 0.25) is 0 Å². The third kappa shape index (κ3) is 3.76. The number of hydrogen-bond acceptors (Lipinski definition) is 2. The van der Waals surface area contributed by atoms with Crippen molar-refractivity contribution in [1.82, 2.24) is 0 Å². The van der Waals surface area contributed by atoms with Gasteiger partial charge in [0, 0.05) is 13.2 Å². The van der Waals surface area contributed by atoms with Crippen LogP contribution in [0.5, 0.6) is 0 Å². The lowest BCUT2D eigenvalue weighted by Crippen LogP contribution is -2.34. The molecule has 0 radical (unpaired) electrons. The summed E-state index contributed by atoms with van der Waals surface area (Å²) in [4.78, 5) is 0. The number of hydrogen-bond donors (Lipinski definition) is 1. The van der Waals surface area contributed by atoms with Crippen molar-refractivity contribution >= 4 is 0 Å². The van der Waals surface area contributed by atoms with Crippen LogP contribution in [0.1, 0.15) is 52.9 Å². The Kier molecular flexibility index (Phi) is 4.60. The van der Waals surface area contributed by atoms with E-state index in [0.29, 0.717) is 6.04 Å². The minimum atomic E-state index is -0.0144. The molecule has 1 rings (SSSR count). The van der Waals surface area contributed by atoms with Crippen molar-refractivity contribution in [3.05, 3.63) is 0 Å². The highest BCUT2D eigenvalue weighted by molar-refractivity contribution is 4.84. The van der Waals surface area contributed by atoms with Gasteiger partial charge in [0.25, 0.3) is 0 Å². The van der Waals surface area contributed by atoms with E-state index in [4.69, 9.17) is 10.5 Å². The second-order valence-electron chi connectivity index (χ2n) is 5.74. The van der Waals surface area contributed by atoms with E-state index in [1.165, 1.54) is 19.3 Å². The van der Waals surface area contributed by atoms with Gasteiger partial charge < -0.3 is 10.5 Å². The lowest BCUT2D eigenvalue weighted by atomic mass is 9.86. The van der Waals surface area contributed by atoms with Gasteiger partial charge in [-0.05, 0) is 44.9 Å². The first-order valence-corrected chi connectivity index (χ1v) is 6.27. The van der Waals surface area contributed by atoms with Crippen molar-refractivity contribution in [2.45, 2.75) is 64.5 Å². The zero-order chi connectivity index (χ0) is 11.5. The molecule has 3 atom stereocenters. The number of ether oxygens (including phenoxy) is 1. The van der Waals surface area contributed by atoms with E-state index in [2.05, 4.69) is 20.8 Å². The lowest BCUT2D eigenvalue weighted by molar-refractivity contribution is 0.0109. The van der Waals surface area contributed by atoms with E-state index < -0.39 is 0 Å². The summed E-state index contributed by atoms with van der Waals surface area (Å²) >= 11 is 0. The maximum absolute atomic E-state index is 6.28. The fourth-order valence-electron chi connectivity index (χ4n) is 2.64. The van der Waals surface area contributed by atoms with Crippen molar-refractivity contribution in [2.24, 2.45) is 17.6 Å². The molecule has 3 unspecified atom stereocenters. The van der Waals surface area contributed by atoms with E-state index in [9.17, 15) is 0 Å². The predicted molar refractivity (Wildman–Crippen MR) is 64.8 cm³/mol. The summed E-state index contributed by atoms with van der Waals surface area (Å²) in [5.74, 6) is 1.57. The quantitative estimate of drug-likeness (QED) is 0.762. The average molecular weight is 213 g/mol. The van der Waals surface area contributed by atoms with Crippen LogP contribution in [0.2, 0.25) is 0 Å². The van der Waals surface area contributed by atoms with Crippen molar-refractivity contribution in [1.29, 1.82) is 0 Å². The summed E-state index contributed by atoms with van der Waals surface area (Å²) < 4.78 is 5.42. The molecule has 0 spiro atoms. The standard InChI is InChI=1S/C13H27NO/c1-10-6-5-7-11(10)12(14)8-9-13(2,3)15-4/h10-12H,5-9,14H2,1-4H3. The molecule has 0 heterocycles. The normalized spacial score (nSPS) is 29.4. The summed E-state index contributed by atoms with van der Waals surface area (Å²) in [5.41, 5.74) is 6.26. The van der Waals surface area contributed by atoms with Crippen molar-refractivity contribution in [3.63, 3.8) is 0 Å². The van der Waals surface area contributed by atoms with Gasteiger partial charge in [0.15, 0.2) is 0 Å². The molecule has 15 heavy (non-hydrogen) atoms. The van der Waals surface area contributed by atoms with Crippen LogP contribution in [0.25, 0.3) is 0 Å². The van der Waals surface area contributed by atoms with Gasteiger partial charge in [-0.25, -0.2) is 0 Å². The van der Waals surface area contributed by atoms with Crippen LogP contribution in [-0.4, -0.2) is 18.8 Å². The van der Waals surface area contributed by atoms with Gasteiger partial charge in [0.05, 0.1) is 5.60 Å². The van der Waals surface area contributed by atoms with E-state index in [1.54, 1.807) is 7.11 Å². The smallest absolute Gasteiger partial charge is 0.0623 e. The topological polar surface area (TPSA) is 35.2 Å². The fourth-order valence-corrected chi connectivity index (χ4v) is 2.64. The fraction of sp³-hybridized carbons (Fsp3) is 1.00. The largest absolute Gasteiger partial charge is 0.379 e. The van der Waals surface area contributed by atoms with E-state index in [1.807, 2.05) is 0 Å². The Labute approximate surface area is 94.6 Å². The minimum absolute atomic E-state index is 0.0144. The molecule has 0 aromatic rings. The molecule has 2 nitrogen and oxygen atoms in total. The highest BCUT2D eigenvalue weighted by Gasteiger charge is 2.29. The van der Waals surface area contributed by atoms with Crippen molar-refractivity contribution in [3.8, 4) is 0 Å². The third-order valence-corrected chi connectivity index (χ3v) is 4.11. The zero-order valence-corrected chi connectivity index (χ0v) is 10.8. The van der Waals surface area contributed by atoms with Crippen LogP contribution >= 0.6 is 0 Å². The Morgan fingerprint density at radius 2 is 2.07 bits per heavy atom. The monoisotopic (exact) mass is 213 g/mol. The molecule has 0 aliphatic heterocycles. The van der Waals surface area contributed by atoms with Crippen LogP contribution in [-0.2, 0) is 4.74 Å². The molecule has 0 saturated heterocycles. The maximum atomic E-state index is 6.28. The van der Waals surface area contributed by atoms with Crippen LogP contribution in [0.15, 0.2) is 0 Å². The van der Waals surface area contributed by atoms with Gasteiger partial charge in [0.1, 0.15) is 0 Å². The highest BCUT2D eigenvalue weighted by Crippen LogP contribution is 2.34. The van der Waals surface area contributed by atoms with E-state index in [-0.39, 0.29) is 5.60 Å². The van der Waals surface area contributed by atoms with Gasteiger partial charge in [-0.15, -0.1) is 0 Å². The zero-order valence-electron chi connectivity index (χ0n) is 10.8. The highest BCUT2D eigenvalue weighted by atomic mass is 16.5. The van der Waals surface area contributed by atoms with E-state index in [0.717, 1.165) is 24.7 Å². The van der Waals surface area contributed by atoms with Gasteiger partial charge in [-0.2, -0.15) is 0 Å². The van der Waals surface area contributed by atoms with Crippen LogP contribution in [0.4, 0.5) is 0 Å². The predicted octanol–water partition coefficient (Wildman–Crippen LogP) is 2.96. The lowest BCUT2D eigenvalue weighted by Gasteiger charge is -2.28. The Balaban J connectivity index is 2.32. The first-order chi connectivity index (χ1) is 6.96. The molecular weight excluding hydrogens is 186 g/mol. The van der Waals surface area contributed by atoms with E-state index >= 15 is 0 Å². The first kappa shape index (κ1) is 13.0. The molecule has 0 bridgehead atoms. The Bertz CT molecular complexity index is 191. The second-order valence-corrected chi connectivity index (χ2v) is 5.74. The minimum Gasteiger partial charge on any atom is -0.379 e. The summed E-state index contributed by atoms with van der Waals surface area (Å²) in [6.07, 6.45) is 6.22. The number of rotatable bonds is 5. The molecule has 0 aromatic carbocycles. The SMILES string of the molecule is COC(C)(C)CCC(N)C1CCCC1C. The molecule has 0 aromatic heterocycles. The van der Waals surface area contributed by atoms with Gasteiger partial charge >= 0.3 is 0 Å². The average Bonchev–Trinajstić information content (AvgIpc) is 2.61. The van der Waals surface area contributed by atoms with Gasteiger partial charge in [-0.3, -0.25) is 0 Å². The molecule has 1 aliphatic carbocycles. The molecular formula is C13H27NO. The first-order valence-electron chi connectivity index (χ1n) is 6.27. The number of nitrogens with two attached hydrogens (primary N) is 1. The summed E-state index contributed by atoms with van der Waals surface area (Å²) in [6, 6.07) is 0.372. The molecule has 0 amide bonds. The second kappa shape index (κ2) is 5.31. The molecule has 90 valence electrons. The molecule has 2 heteroatoms. The maximum Gasteiger partial charge on any atom is 0.0623 e. The Hall–Kier alpha value is -0.0800. The summed E-state index contributed by atoms with van der Waals surface area (Å²) in [6.45, 7) is 6.62. The summed E-state index contributed by atoms with van der Waals surface area (Å²) in [5, 5.41) is 0. The van der Waals surface area contributed by atoms with Crippen molar-refractivity contribution < 1.29 is 4.74 Å².